The quantitative estimate of drug-likeness (QED) is 0.207. The van der Waals surface area contributed by atoms with Crippen molar-refractivity contribution in [3.8, 4) is 11.5 Å². The van der Waals surface area contributed by atoms with Crippen molar-refractivity contribution in [1.82, 2.24) is 0 Å². The molecule has 0 amide bonds. The SMILES string of the molecule is Cc1ccc(C2(c3cccs3)C=Cc3c(ccc4c5c(ccc34)OC(c3ccc(C)cc3)(c3cccs3)C=C5)O2)cc1. The molecule has 2 aliphatic rings. The van der Waals surface area contributed by atoms with Crippen LogP contribution in [0, 0.1) is 13.8 Å². The van der Waals surface area contributed by atoms with Crippen LogP contribution in [0.15, 0.2) is 120 Å². The zero-order valence-electron chi connectivity index (χ0n) is 23.3. The van der Waals surface area contributed by atoms with E-state index in [0.717, 1.165) is 54.3 Å². The molecular weight excluding hydrogens is 553 g/mol. The molecule has 0 N–H and O–H groups in total. The van der Waals surface area contributed by atoms with Crippen LogP contribution in [0.1, 0.15) is 43.1 Å². The number of thiophene rings is 2. The third kappa shape index (κ3) is 3.83. The Labute approximate surface area is 253 Å². The van der Waals surface area contributed by atoms with Crippen LogP contribution >= 0.6 is 22.7 Å². The van der Waals surface area contributed by atoms with Crippen LogP contribution in [0.4, 0.5) is 0 Å². The van der Waals surface area contributed by atoms with Crippen molar-refractivity contribution in [2.75, 3.05) is 0 Å². The first-order valence-electron chi connectivity index (χ1n) is 14.1. The predicted molar refractivity (Wildman–Crippen MR) is 176 cm³/mol. The number of hydrogen-bond acceptors (Lipinski definition) is 4. The van der Waals surface area contributed by atoms with Gasteiger partial charge in [0.15, 0.2) is 11.2 Å². The zero-order valence-corrected chi connectivity index (χ0v) is 25.0. The van der Waals surface area contributed by atoms with Crippen molar-refractivity contribution in [3.63, 3.8) is 0 Å². The summed E-state index contributed by atoms with van der Waals surface area (Å²) >= 11 is 3.44. The van der Waals surface area contributed by atoms with E-state index in [2.05, 4.69) is 146 Å². The lowest BCUT2D eigenvalue weighted by Gasteiger charge is -2.36. The van der Waals surface area contributed by atoms with Crippen LogP contribution in [0.3, 0.4) is 0 Å². The van der Waals surface area contributed by atoms with Crippen molar-refractivity contribution in [2.24, 2.45) is 0 Å². The molecule has 0 radical (unpaired) electrons. The summed E-state index contributed by atoms with van der Waals surface area (Å²) in [4.78, 5) is 2.33. The fraction of sp³-hybridized carbons (Fsp3) is 0.105. The summed E-state index contributed by atoms with van der Waals surface area (Å²) in [6.07, 6.45) is 8.91. The number of ether oxygens (including phenoxy) is 2. The van der Waals surface area contributed by atoms with Crippen LogP contribution in [-0.2, 0) is 11.2 Å². The average molecular weight is 581 g/mol. The molecule has 0 bridgehead atoms. The minimum atomic E-state index is -0.659. The molecule has 0 saturated carbocycles. The van der Waals surface area contributed by atoms with Crippen molar-refractivity contribution < 1.29 is 9.47 Å². The predicted octanol–water partition coefficient (Wildman–Crippen LogP) is 10.3. The second kappa shape index (κ2) is 9.59. The van der Waals surface area contributed by atoms with E-state index < -0.39 is 11.2 Å². The molecule has 2 nitrogen and oxygen atoms in total. The lowest BCUT2D eigenvalue weighted by molar-refractivity contribution is 0.164. The fourth-order valence-electron chi connectivity index (χ4n) is 6.19. The van der Waals surface area contributed by atoms with Crippen LogP contribution in [0.2, 0.25) is 0 Å². The molecule has 0 spiro atoms. The minimum absolute atomic E-state index is 0.659. The second-order valence-corrected chi connectivity index (χ2v) is 13.0. The molecule has 6 aromatic rings. The zero-order chi connectivity index (χ0) is 28.3. The van der Waals surface area contributed by atoms with Crippen LogP contribution in [-0.4, -0.2) is 0 Å². The topological polar surface area (TPSA) is 18.5 Å². The summed E-state index contributed by atoms with van der Waals surface area (Å²) in [5.74, 6) is 1.76. The molecule has 8 rings (SSSR count). The highest BCUT2D eigenvalue weighted by atomic mass is 32.1. The number of hydrogen-bond donors (Lipinski definition) is 0. The molecule has 0 fully saturated rings. The number of rotatable bonds is 4. The highest BCUT2D eigenvalue weighted by Gasteiger charge is 2.40. The molecule has 2 aliphatic heterocycles. The van der Waals surface area contributed by atoms with E-state index >= 15 is 0 Å². The standard InChI is InChI=1S/C38H28O2S2/c1-25-7-11-27(12-8-25)37(35-5-3-23-41-35)21-19-31-29-16-18-34-32(30(29)15-17-33(31)39-37)20-22-38(40-34,36-6-4-24-42-36)28-13-9-26(2)10-14-28/h3-24H,1-2H3. The third-order valence-corrected chi connectivity index (χ3v) is 10.4. The molecule has 2 unspecified atom stereocenters. The Morgan fingerprint density at radius 3 is 1.31 bits per heavy atom. The highest BCUT2D eigenvalue weighted by molar-refractivity contribution is 7.10. The number of aryl methyl sites for hydroxylation is 2. The summed E-state index contributed by atoms with van der Waals surface area (Å²) in [7, 11) is 0. The summed E-state index contributed by atoms with van der Waals surface area (Å²) in [5.41, 5.74) is 5.59. The molecule has 2 aromatic heterocycles. The number of fused-ring (bicyclic) bond motifs is 5. The van der Waals surface area contributed by atoms with Crippen LogP contribution in [0.5, 0.6) is 11.5 Å². The lowest BCUT2D eigenvalue weighted by Crippen LogP contribution is -2.33. The first-order chi connectivity index (χ1) is 20.6. The Kier molecular flexibility index (Phi) is 5.78. The maximum Gasteiger partial charge on any atom is 0.187 e. The Morgan fingerprint density at radius 1 is 0.500 bits per heavy atom. The van der Waals surface area contributed by atoms with Gasteiger partial charge in [0.1, 0.15) is 11.5 Å². The van der Waals surface area contributed by atoms with Crippen molar-refractivity contribution in [2.45, 2.75) is 25.0 Å². The molecular formula is C38H28O2S2. The Morgan fingerprint density at radius 2 is 0.929 bits per heavy atom. The Hall–Kier alpha value is -4.38. The number of benzene rings is 4. The van der Waals surface area contributed by atoms with Crippen molar-refractivity contribution >= 4 is 45.6 Å². The second-order valence-electron chi connectivity index (χ2n) is 11.1. The molecule has 204 valence electrons. The molecule has 4 heteroatoms. The molecule has 4 heterocycles. The van der Waals surface area contributed by atoms with E-state index in [-0.39, 0.29) is 0 Å². The van der Waals surface area contributed by atoms with E-state index in [4.69, 9.17) is 9.47 Å². The summed E-state index contributed by atoms with van der Waals surface area (Å²) in [6, 6.07) is 34.4. The molecule has 2 atom stereocenters. The van der Waals surface area contributed by atoms with E-state index in [0.29, 0.717) is 0 Å². The van der Waals surface area contributed by atoms with Gasteiger partial charge in [0.05, 0.1) is 9.75 Å². The van der Waals surface area contributed by atoms with E-state index in [1.807, 2.05) is 0 Å². The molecule has 42 heavy (non-hydrogen) atoms. The molecule has 0 saturated heterocycles. The first-order valence-corrected chi connectivity index (χ1v) is 15.9. The molecule has 4 aromatic carbocycles. The largest absolute Gasteiger partial charge is 0.472 e. The van der Waals surface area contributed by atoms with Gasteiger partial charge in [-0.15, -0.1) is 22.7 Å². The van der Waals surface area contributed by atoms with Gasteiger partial charge in [-0.05, 0) is 96.1 Å². The van der Waals surface area contributed by atoms with Gasteiger partial charge in [0.25, 0.3) is 0 Å². The maximum atomic E-state index is 6.97. The summed E-state index contributed by atoms with van der Waals surface area (Å²) in [5, 5.41) is 6.53. The maximum absolute atomic E-state index is 6.97. The summed E-state index contributed by atoms with van der Waals surface area (Å²) < 4.78 is 13.9. The Bertz CT molecular complexity index is 1830. The van der Waals surface area contributed by atoms with Crippen LogP contribution in [0.25, 0.3) is 22.9 Å². The highest BCUT2D eigenvalue weighted by Crippen LogP contribution is 2.49. The third-order valence-electron chi connectivity index (χ3n) is 8.45. The Balaban J connectivity index is 1.24. The smallest absolute Gasteiger partial charge is 0.187 e. The van der Waals surface area contributed by atoms with Gasteiger partial charge in [-0.3, -0.25) is 0 Å². The van der Waals surface area contributed by atoms with E-state index in [1.54, 1.807) is 22.7 Å². The lowest BCUT2D eigenvalue weighted by atomic mass is 9.85. The minimum Gasteiger partial charge on any atom is -0.472 e. The van der Waals surface area contributed by atoms with Gasteiger partial charge in [0, 0.05) is 22.3 Å². The van der Waals surface area contributed by atoms with Gasteiger partial charge in [-0.25, -0.2) is 0 Å². The van der Waals surface area contributed by atoms with Gasteiger partial charge >= 0.3 is 0 Å². The van der Waals surface area contributed by atoms with Gasteiger partial charge in [0.2, 0.25) is 0 Å². The van der Waals surface area contributed by atoms with E-state index in [1.165, 1.54) is 11.1 Å². The van der Waals surface area contributed by atoms with Gasteiger partial charge in [-0.2, -0.15) is 0 Å². The fourth-order valence-corrected chi connectivity index (χ4v) is 7.92. The van der Waals surface area contributed by atoms with Crippen molar-refractivity contribution in [3.05, 3.63) is 163 Å². The van der Waals surface area contributed by atoms with Crippen molar-refractivity contribution in [1.29, 1.82) is 0 Å². The monoisotopic (exact) mass is 580 g/mol. The van der Waals surface area contributed by atoms with E-state index in [9.17, 15) is 0 Å². The van der Waals surface area contributed by atoms with Gasteiger partial charge < -0.3 is 9.47 Å². The molecule has 0 aliphatic carbocycles. The summed E-state index contributed by atoms with van der Waals surface area (Å²) in [6.45, 7) is 4.23. The van der Waals surface area contributed by atoms with Gasteiger partial charge in [-0.1, -0.05) is 71.8 Å². The first kappa shape index (κ1) is 25.3. The average Bonchev–Trinajstić information content (AvgIpc) is 3.77. The van der Waals surface area contributed by atoms with Crippen LogP contribution < -0.4 is 9.47 Å². The normalized spacial score (nSPS) is 20.5.